The van der Waals surface area contributed by atoms with Crippen molar-refractivity contribution in [3.8, 4) is 0 Å². The Kier molecular flexibility index (Phi) is 7.59. The molecule has 8 nitrogen and oxygen atoms in total. The molecule has 2 aliphatic heterocycles. The van der Waals surface area contributed by atoms with Crippen molar-refractivity contribution >= 4 is 21.8 Å². The van der Waals surface area contributed by atoms with Gasteiger partial charge in [-0.15, -0.1) is 0 Å². The van der Waals surface area contributed by atoms with Gasteiger partial charge in [-0.3, -0.25) is 14.5 Å². The van der Waals surface area contributed by atoms with Crippen molar-refractivity contribution in [3.05, 3.63) is 71.8 Å². The minimum absolute atomic E-state index is 0.0531. The molecular formula is C26H34N4O4S. The van der Waals surface area contributed by atoms with Gasteiger partial charge in [-0.1, -0.05) is 60.7 Å². The molecule has 1 atom stereocenters. The lowest BCUT2D eigenvalue weighted by Crippen LogP contribution is -2.72. The van der Waals surface area contributed by atoms with Crippen LogP contribution in [-0.4, -0.2) is 78.4 Å². The summed E-state index contributed by atoms with van der Waals surface area (Å²) in [4.78, 5) is 30.9. The summed E-state index contributed by atoms with van der Waals surface area (Å²) in [6.45, 7) is 4.18. The number of nitrogens with one attached hydrogen (secondary N) is 1. The number of piperazine rings is 1. The van der Waals surface area contributed by atoms with Gasteiger partial charge in [0, 0.05) is 38.8 Å². The molecule has 2 heterocycles. The van der Waals surface area contributed by atoms with Crippen molar-refractivity contribution in [2.75, 3.05) is 32.4 Å². The first-order chi connectivity index (χ1) is 16.7. The number of nitrogens with zero attached hydrogens (tertiary/aromatic N) is 3. The highest BCUT2D eigenvalue weighted by Gasteiger charge is 2.52. The van der Waals surface area contributed by atoms with E-state index in [1.54, 1.807) is 11.8 Å². The zero-order valence-electron chi connectivity index (χ0n) is 20.4. The summed E-state index contributed by atoms with van der Waals surface area (Å²) in [5.41, 5.74) is 0.890. The Bertz CT molecular complexity index is 1130. The van der Waals surface area contributed by atoms with Crippen LogP contribution in [0.25, 0.3) is 0 Å². The van der Waals surface area contributed by atoms with E-state index in [1.807, 2.05) is 48.5 Å². The van der Waals surface area contributed by atoms with Crippen molar-refractivity contribution in [1.82, 2.24) is 19.4 Å². The summed E-state index contributed by atoms with van der Waals surface area (Å²) in [5.74, 6) is -0.657. The molecule has 0 aliphatic carbocycles. The van der Waals surface area contributed by atoms with E-state index in [4.69, 9.17) is 0 Å². The lowest BCUT2D eigenvalue weighted by molar-refractivity contribution is -0.158. The fourth-order valence-electron chi connectivity index (χ4n) is 5.15. The zero-order chi connectivity index (χ0) is 25.1. The van der Waals surface area contributed by atoms with Crippen LogP contribution in [0, 0.1) is 0 Å². The molecule has 2 amide bonds. The van der Waals surface area contributed by atoms with E-state index in [1.165, 1.54) is 5.56 Å². The van der Waals surface area contributed by atoms with Crippen LogP contribution in [0.15, 0.2) is 60.7 Å². The van der Waals surface area contributed by atoms with E-state index in [2.05, 4.69) is 22.3 Å². The van der Waals surface area contributed by atoms with Gasteiger partial charge in [-0.05, 0) is 30.9 Å². The monoisotopic (exact) mass is 498 g/mol. The largest absolute Gasteiger partial charge is 0.350 e. The quantitative estimate of drug-likeness (QED) is 0.629. The highest BCUT2D eigenvalue weighted by Crippen LogP contribution is 2.31. The molecule has 2 aromatic rings. The van der Waals surface area contributed by atoms with Crippen LogP contribution in [0.4, 0.5) is 0 Å². The van der Waals surface area contributed by atoms with Gasteiger partial charge in [0.15, 0.2) is 0 Å². The molecular weight excluding hydrogens is 464 g/mol. The van der Waals surface area contributed by atoms with Gasteiger partial charge in [0.2, 0.25) is 21.8 Å². The summed E-state index contributed by atoms with van der Waals surface area (Å²) in [5, 5.41) is 2.95. The zero-order valence-corrected chi connectivity index (χ0v) is 21.2. The Labute approximate surface area is 207 Å². The standard InChI is InChI=1S/C26H34N4O4S/c1-26(25(32)27-17-21-9-5-3-6-10-21)20-29(35(2,33)34)19-24(31)30(26)23-13-15-28(16-14-23)18-22-11-7-4-8-12-22/h3-12,23H,13-20H2,1-2H3,(H,27,32). The van der Waals surface area contributed by atoms with E-state index in [0.29, 0.717) is 6.54 Å². The summed E-state index contributed by atoms with van der Waals surface area (Å²) >= 11 is 0. The van der Waals surface area contributed by atoms with Gasteiger partial charge < -0.3 is 10.2 Å². The predicted octanol–water partition coefficient (Wildman–Crippen LogP) is 1.83. The third-order valence-corrected chi connectivity index (χ3v) is 8.22. The lowest BCUT2D eigenvalue weighted by atomic mass is 9.90. The maximum atomic E-state index is 13.5. The second-order valence-corrected chi connectivity index (χ2v) is 11.7. The van der Waals surface area contributed by atoms with E-state index in [0.717, 1.165) is 48.6 Å². The molecule has 0 spiro atoms. The second kappa shape index (κ2) is 10.5. The minimum atomic E-state index is -3.63. The summed E-state index contributed by atoms with van der Waals surface area (Å²) in [6, 6.07) is 19.7. The Balaban J connectivity index is 1.50. The average Bonchev–Trinajstić information content (AvgIpc) is 2.84. The molecule has 0 radical (unpaired) electrons. The van der Waals surface area contributed by atoms with Gasteiger partial charge in [-0.25, -0.2) is 8.42 Å². The fourth-order valence-corrected chi connectivity index (χ4v) is 5.98. The van der Waals surface area contributed by atoms with Crippen LogP contribution in [0.1, 0.15) is 30.9 Å². The highest BCUT2D eigenvalue weighted by molar-refractivity contribution is 7.88. The Hall–Kier alpha value is -2.75. The van der Waals surface area contributed by atoms with Crippen molar-refractivity contribution in [3.63, 3.8) is 0 Å². The molecule has 1 N–H and O–H groups in total. The molecule has 2 aromatic carbocycles. The molecule has 2 aliphatic rings. The Morgan fingerprint density at radius 2 is 1.57 bits per heavy atom. The van der Waals surface area contributed by atoms with Crippen LogP contribution >= 0.6 is 0 Å². The number of rotatable bonds is 7. The number of likely N-dealkylation sites (tertiary alicyclic amines) is 1. The minimum Gasteiger partial charge on any atom is -0.350 e. The average molecular weight is 499 g/mol. The molecule has 0 aromatic heterocycles. The third kappa shape index (κ3) is 5.91. The van der Waals surface area contributed by atoms with E-state index in [9.17, 15) is 18.0 Å². The third-order valence-electron chi connectivity index (χ3n) is 7.02. The van der Waals surface area contributed by atoms with Gasteiger partial charge in [0.05, 0.1) is 12.8 Å². The SMILES string of the molecule is CC1(C(=O)NCc2ccccc2)CN(S(C)(=O)=O)CC(=O)N1C1CCN(Cc2ccccc2)CC1. The number of hydrogen-bond acceptors (Lipinski definition) is 5. The van der Waals surface area contributed by atoms with Gasteiger partial charge >= 0.3 is 0 Å². The maximum Gasteiger partial charge on any atom is 0.247 e. The van der Waals surface area contributed by atoms with Crippen LogP contribution in [0.3, 0.4) is 0 Å². The first-order valence-corrected chi connectivity index (χ1v) is 13.9. The Morgan fingerprint density at radius 3 is 2.14 bits per heavy atom. The molecule has 9 heteroatoms. The number of benzene rings is 2. The van der Waals surface area contributed by atoms with Crippen molar-refractivity contribution in [2.45, 2.75) is 44.4 Å². The molecule has 2 fully saturated rings. The number of carbonyl (C=O) groups excluding carboxylic acids is 2. The normalized spacial score (nSPS) is 22.8. The number of piperidine rings is 1. The van der Waals surface area contributed by atoms with Crippen molar-refractivity contribution < 1.29 is 18.0 Å². The van der Waals surface area contributed by atoms with E-state index >= 15 is 0 Å². The highest BCUT2D eigenvalue weighted by atomic mass is 32.2. The van der Waals surface area contributed by atoms with Crippen LogP contribution in [0.5, 0.6) is 0 Å². The fraction of sp³-hybridized carbons (Fsp3) is 0.462. The first kappa shape index (κ1) is 25.3. The summed E-state index contributed by atoms with van der Waals surface area (Å²) < 4.78 is 25.8. The smallest absolute Gasteiger partial charge is 0.247 e. The van der Waals surface area contributed by atoms with Crippen LogP contribution in [0.2, 0.25) is 0 Å². The number of amides is 2. The van der Waals surface area contributed by atoms with Gasteiger partial charge in [0.1, 0.15) is 5.54 Å². The van der Waals surface area contributed by atoms with Crippen molar-refractivity contribution in [1.29, 1.82) is 0 Å². The molecule has 2 saturated heterocycles. The summed E-state index contributed by atoms with van der Waals surface area (Å²) in [6.07, 6.45) is 2.55. The molecule has 0 bridgehead atoms. The first-order valence-electron chi connectivity index (χ1n) is 12.0. The number of sulfonamides is 1. The maximum absolute atomic E-state index is 13.5. The predicted molar refractivity (Wildman–Crippen MR) is 135 cm³/mol. The second-order valence-electron chi connectivity index (χ2n) is 9.73. The Morgan fingerprint density at radius 1 is 1.00 bits per heavy atom. The lowest BCUT2D eigenvalue weighted by Gasteiger charge is -2.51. The molecule has 35 heavy (non-hydrogen) atoms. The molecule has 188 valence electrons. The number of hydrogen-bond donors (Lipinski definition) is 1. The number of carbonyl (C=O) groups is 2. The molecule has 4 rings (SSSR count). The molecule has 1 unspecified atom stereocenters. The van der Waals surface area contributed by atoms with Crippen LogP contribution < -0.4 is 5.32 Å². The topological polar surface area (TPSA) is 90.0 Å². The van der Waals surface area contributed by atoms with Gasteiger partial charge in [-0.2, -0.15) is 4.31 Å². The van der Waals surface area contributed by atoms with Crippen molar-refractivity contribution in [2.24, 2.45) is 0 Å². The van der Waals surface area contributed by atoms with E-state index in [-0.39, 0.29) is 30.9 Å². The van der Waals surface area contributed by atoms with Crippen LogP contribution in [-0.2, 0) is 32.7 Å². The van der Waals surface area contributed by atoms with E-state index < -0.39 is 15.6 Å². The molecule has 0 saturated carbocycles. The summed E-state index contributed by atoms with van der Waals surface area (Å²) in [7, 11) is -3.63. The van der Waals surface area contributed by atoms with Gasteiger partial charge in [0.25, 0.3) is 0 Å².